The van der Waals surface area contributed by atoms with Gasteiger partial charge in [-0.05, 0) is 43.9 Å². The zero-order chi connectivity index (χ0) is 22.5. The first-order chi connectivity index (χ1) is 14.8. The summed E-state index contributed by atoms with van der Waals surface area (Å²) in [5, 5.41) is 0.549. The third kappa shape index (κ3) is 5.81. The first-order valence-corrected chi connectivity index (χ1v) is 13.4. The molecule has 0 atom stereocenters. The number of Topliss-reactive ketones (excluding diaryl/α,β-unsaturated/α-hetero) is 1. The smallest absolute Gasteiger partial charge is 0.214 e. The summed E-state index contributed by atoms with van der Waals surface area (Å²) in [6.07, 6.45) is 7.57. The number of piperazine rings is 1. The highest BCUT2D eigenvalue weighted by atomic mass is 35.5. The van der Waals surface area contributed by atoms with Gasteiger partial charge in [-0.25, -0.2) is 8.42 Å². The average Bonchev–Trinajstić information content (AvgIpc) is 2.78. The lowest BCUT2D eigenvalue weighted by Gasteiger charge is -2.50. The van der Waals surface area contributed by atoms with Crippen molar-refractivity contribution in [2.45, 2.75) is 63.8 Å². The second-order valence-electron chi connectivity index (χ2n) is 8.75. The zero-order valence-corrected chi connectivity index (χ0v) is 20.3. The summed E-state index contributed by atoms with van der Waals surface area (Å²) in [5.41, 5.74) is 0.558. The fraction of sp³-hybridized carbons (Fsp3) is 0.696. The van der Waals surface area contributed by atoms with Crippen LogP contribution in [0.2, 0.25) is 5.02 Å². The van der Waals surface area contributed by atoms with Crippen molar-refractivity contribution in [1.82, 2.24) is 9.21 Å². The minimum absolute atomic E-state index is 0.0197. The summed E-state index contributed by atoms with van der Waals surface area (Å²) >= 11 is 6.04. The largest absolute Gasteiger partial charge is 0.496 e. The number of ketones is 1. The van der Waals surface area contributed by atoms with E-state index in [9.17, 15) is 13.2 Å². The normalized spacial score (nSPS) is 20.5. The van der Waals surface area contributed by atoms with Crippen molar-refractivity contribution in [2.24, 2.45) is 0 Å². The van der Waals surface area contributed by atoms with E-state index in [0.29, 0.717) is 42.3 Å². The molecule has 2 fully saturated rings. The van der Waals surface area contributed by atoms with Crippen LogP contribution in [-0.4, -0.2) is 68.0 Å². The average molecular weight is 471 g/mol. The number of methoxy groups -OCH3 is 1. The van der Waals surface area contributed by atoms with Gasteiger partial charge in [-0.2, -0.15) is 4.31 Å². The molecule has 0 amide bonds. The molecule has 0 radical (unpaired) electrons. The van der Waals surface area contributed by atoms with E-state index in [0.717, 1.165) is 45.2 Å². The predicted molar refractivity (Wildman–Crippen MR) is 125 cm³/mol. The molecule has 0 aromatic heterocycles. The molecule has 3 rings (SSSR count). The summed E-state index contributed by atoms with van der Waals surface area (Å²) in [6.45, 7) is 4.46. The molecule has 0 bridgehead atoms. The van der Waals surface area contributed by atoms with Crippen LogP contribution in [0.15, 0.2) is 18.2 Å². The van der Waals surface area contributed by atoms with E-state index in [2.05, 4.69) is 4.90 Å². The van der Waals surface area contributed by atoms with Crippen molar-refractivity contribution in [2.75, 3.05) is 39.0 Å². The van der Waals surface area contributed by atoms with E-state index >= 15 is 0 Å². The van der Waals surface area contributed by atoms with Gasteiger partial charge in [0.1, 0.15) is 5.75 Å². The Hall–Kier alpha value is -1.15. The van der Waals surface area contributed by atoms with Crippen LogP contribution >= 0.6 is 11.6 Å². The predicted octanol–water partition coefficient (Wildman–Crippen LogP) is 4.37. The maximum absolute atomic E-state index is 13.0. The lowest BCUT2D eigenvalue weighted by atomic mass is 9.76. The number of carbonyl (C=O) groups excluding carboxylic acids is 1. The van der Waals surface area contributed by atoms with Gasteiger partial charge in [-0.1, -0.05) is 37.8 Å². The Morgan fingerprint density at radius 1 is 1.13 bits per heavy atom. The number of hydrogen-bond donors (Lipinski definition) is 0. The van der Waals surface area contributed by atoms with Gasteiger partial charge in [0, 0.05) is 43.2 Å². The Bertz CT molecular complexity index is 860. The summed E-state index contributed by atoms with van der Waals surface area (Å²) in [6, 6.07) is 5.15. The van der Waals surface area contributed by atoms with E-state index in [1.807, 2.05) is 6.92 Å². The lowest BCUT2D eigenvalue weighted by molar-refractivity contribution is 0.0165. The fourth-order valence-electron chi connectivity index (χ4n) is 5.14. The van der Waals surface area contributed by atoms with Crippen LogP contribution < -0.4 is 4.74 Å². The van der Waals surface area contributed by atoms with Crippen molar-refractivity contribution in [3.05, 3.63) is 28.8 Å². The first-order valence-electron chi connectivity index (χ1n) is 11.4. The molecular weight excluding hydrogens is 436 g/mol. The van der Waals surface area contributed by atoms with Gasteiger partial charge in [0.25, 0.3) is 0 Å². The molecule has 1 aromatic rings. The number of carbonyl (C=O) groups is 1. The molecule has 174 valence electrons. The first kappa shape index (κ1) is 24.5. The van der Waals surface area contributed by atoms with Gasteiger partial charge < -0.3 is 4.74 Å². The summed E-state index contributed by atoms with van der Waals surface area (Å²) in [5.74, 6) is 0.808. The van der Waals surface area contributed by atoms with Gasteiger partial charge in [0.15, 0.2) is 5.78 Å². The van der Waals surface area contributed by atoms with Crippen LogP contribution in [0.4, 0.5) is 0 Å². The second-order valence-corrected chi connectivity index (χ2v) is 11.3. The summed E-state index contributed by atoms with van der Waals surface area (Å²) < 4.78 is 31.9. The Morgan fingerprint density at radius 2 is 1.81 bits per heavy atom. The van der Waals surface area contributed by atoms with Gasteiger partial charge in [-0.3, -0.25) is 9.69 Å². The third-order valence-electron chi connectivity index (χ3n) is 6.83. The topological polar surface area (TPSA) is 66.9 Å². The number of nitrogens with zero attached hydrogens (tertiary/aromatic N) is 2. The van der Waals surface area contributed by atoms with Crippen LogP contribution in [0.25, 0.3) is 0 Å². The van der Waals surface area contributed by atoms with Crippen molar-refractivity contribution in [3.8, 4) is 5.75 Å². The Morgan fingerprint density at radius 3 is 2.42 bits per heavy atom. The SMILES string of the molecule is CCCS(=O)(=O)N1CCN(C2(CCC(=O)c3ccc(Cl)cc3OC)CCCCC2)CC1. The van der Waals surface area contributed by atoms with Gasteiger partial charge in [0.2, 0.25) is 10.0 Å². The van der Waals surface area contributed by atoms with Crippen LogP contribution in [0, 0.1) is 0 Å². The molecule has 1 aromatic carbocycles. The Kier molecular flexibility index (Phi) is 8.41. The van der Waals surface area contributed by atoms with E-state index in [1.54, 1.807) is 29.6 Å². The van der Waals surface area contributed by atoms with E-state index in [4.69, 9.17) is 16.3 Å². The van der Waals surface area contributed by atoms with Crippen LogP contribution in [-0.2, 0) is 10.0 Å². The highest BCUT2D eigenvalue weighted by Crippen LogP contribution is 2.39. The van der Waals surface area contributed by atoms with Crippen LogP contribution in [0.3, 0.4) is 0 Å². The molecule has 31 heavy (non-hydrogen) atoms. The van der Waals surface area contributed by atoms with Gasteiger partial charge in [-0.15, -0.1) is 0 Å². The molecule has 0 spiro atoms. The van der Waals surface area contributed by atoms with Gasteiger partial charge >= 0.3 is 0 Å². The summed E-state index contributed by atoms with van der Waals surface area (Å²) in [4.78, 5) is 15.5. The Balaban J connectivity index is 1.69. The molecule has 6 nitrogen and oxygen atoms in total. The standard InChI is InChI=1S/C23H35ClN2O4S/c1-3-17-31(28,29)26-15-13-25(14-16-26)23(10-5-4-6-11-23)12-9-21(27)20-8-7-19(24)18-22(20)30-2/h7-8,18H,3-6,9-17H2,1-2H3. The van der Waals surface area contributed by atoms with Crippen LogP contribution in [0.1, 0.15) is 68.6 Å². The highest BCUT2D eigenvalue weighted by Gasteiger charge is 2.40. The van der Waals surface area contributed by atoms with Crippen LogP contribution in [0.5, 0.6) is 5.75 Å². The molecule has 0 N–H and O–H groups in total. The minimum atomic E-state index is -3.15. The third-order valence-corrected chi connectivity index (χ3v) is 9.14. The molecule has 0 unspecified atom stereocenters. The zero-order valence-electron chi connectivity index (χ0n) is 18.7. The Labute approximate surface area is 191 Å². The summed E-state index contributed by atoms with van der Waals surface area (Å²) in [7, 11) is -1.60. The molecule has 1 saturated carbocycles. The van der Waals surface area contributed by atoms with Crippen molar-refractivity contribution < 1.29 is 17.9 Å². The number of rotatable bonds is 9. The number of benzene rings is 1. The van der Waals surface area contributed by atoms with E-state index in [-0.39, 0.29) is 17.1 Å². The van der Waals surface area contributed by atoms with E-state index < -0.39 is 10.0 Å². The monoisotopic (exact) mass is 470 g/mol. The molecule has 8 heteroatoms. The number of halogens is 1. The molecular formula is C23H35ClN2O4S. The van der Waals surface area contributed by atoms with Crippen molar-refractivity contribution in [3.63, 3.8) is 0 Å². The van der Waals surface area contributed by atoms with Crippen molar-refractivity contribution in [1.29, 1.82) is 0 Å². The molecule has 1 aliphatic heterocycles. The molecule has 1 heterocycles. The van der Waals surface area contributed by atoms with Gasteiger partial charge in [0.05, 0.1) is 18.4 Å². The minimum Gasteiger partial charge on any atom is -0.496 e. The molecule has 1 aliphatic carbocycles. The maximum Gasteiger partial charge on any atom is 0.214 e. The maximum atomic E-state index is 13.0. The fourth-order valence-corrected chi connectivity index (χ4v) is 6.79. The lowest BCUT2D eigenvalue weighted by Crippen LogP contribution is -2.58. The molecule has 1 saturated heterocycles. The quantitative estimate of drug-likeness (QED) is 0.501. The highest BCUT2D eigenvalue weighted by molar-refractivity contribution is 7.89. The number of sulfonamides is 1. The van der Waals surface area contributed by atoms with E-state index in [1.165, 1.54) is 6.42 Å². The number of hydrogen-bond acceptors (Lipinski definition) is 5. The van der Waals surface area contributed by atoms with Crippen molar-refractivity contribution >= 4 is 27.4 Å². The number of ether oxygens (including phenoxy) is 1. The molecule has 2 aliphatic rings. The second kappa shape index (κ2) is 10.6.